The maximum absolute atomic E-state index is 15.0. The molecule has 1 saturated heterocycles. The molecule has 3 aromatic rings. The number of pyridine rings is 1. The van der Waals surface area contributed by atoms with Gasteiger partial charge in [-0.1, -0.05) is 18.2 Å². The fourth-order valence-electron chi connectivity index (χ4n) is 4.51. The summed E-state index contributed by atoms with van der Waals surface area (Å²) in [5, 5.41) is 2.82. The molecule has 0 radical (unpaired) electrons. The number of carbonyl (C=O) groups is 1. The number of nitrogen functional groups attached to an aromatic ring is 1. The fourth-order valence-corrected chi connectivity index (χ4v) is 4.51. The lowest BCUT2D eigenvalue weighted by Crippen LogP contribution is -2.44. The SMILES string of the molecule is CN1CCN(c2ccc(-c3cc(-c4ccc5c(c4)CCNC5=O)c(N)nc3F)cc2F)CC1. The molecule has 0 spiro atoms. The minimum absolute atomic E-state index is 0.0472. The van der Waals surface area contributed by atoms with Crippen LogP contribution >= 0.6 is 0 Å². The Balaban J connectivity index is 1.51. The zero-order chi connectivity index (χ0) is 23.1. The fraction of sp³-hybridized carbons (Fsp3) is 0.280. The summed E-state index contributed by atoms with van der Waals surface area (Å²) >= 11 is 0. The summed E-state index contributed by atoms with van der Waals surface area (Å²) in [4.78, 5) is 20.1. The van der Waals surface area contributed by atoms with Crippen molar-refractivity contribution in [1.29, 1.82) is 0 Å². The molecule has 33 heavy (non-hydrogen) atoms. The Labute approximate surface area is 191 Å². The molecular formula is C25H25F2N5O. The van der Waals surface area contributed by atoms with Gasteiger partial charge >= 0.3 is 0 Å². The highest BCUT2D eigenvalue weighted by atomic mass is 19.1. The van der Waals surface area contributed by atoms with E-state index in [-0.39, 0.29) is 17.3 Å². The van der Waals surface area contributed by atoms with Crippen LogP contribution in [-0.4, -0.2) is 55.6 Å². The van der Waals surface area contributed by atoms with Crippen molar-refractivity contribution in [2.24, 2.45) is 0 Å². The van der Waals surface area contributed by atoms with Crippen LogP contribution in [0.1, 0.15) is 15.9 Å². The first-order valence-electron chi connectivity index (χ1n) is 11.0. The molecule has 0 aliphatic carbocycles. The van der Waals surface area contributed by atoms with Crippen LogP contribution in [0.5, 0.6) is 0 Å². The first-order chi connectivity index (χ1) is 15.9. The zero-order valence-corrected chi connectivity index (χ0v) is 18.4. The van der Waals surface area contributed by atoms with E-state index < -0.39 is 11.8 Å². The summed E-state index contributed by atoms with van der Waals surface area (Å²) in [6.45, 7) is 3.78. The van der Waals surface area contributed by atoms with Gasteiger partial charge in [0, 0.05) is 49.4 Å². The Morgan fingerprint density at radius 1 is 0.939 bits per heavy atom. The number of hydrogen-bond acceptors (Lipinski definition) is 5. The average molecular weight is 450 g/mol. The summed E-state index contributed by atoms with van der Waals surface area (Å²) in [5.41, 5.74) is 9.96. The van der Waals surface area contributed by atoms with Crippen molar-refractivity contribution in [3.8, 4) is 22.3 Å². The number of amides is 1. The number of benzene rings is 2. The molecule has 2 aliphatic heterocycles. The van der Waals surface area contributed by atoms with Gasteiger partial charge in [-0.15, -0.1) is 0 Å². The molecule has 1 fully saturated rings. The van der Waals surface area contributed by atoms with E-state index >= 15 is 4.39 Å². The van der Waals surface area contributed by atoms with Crippen LogP contribution in [0.15, 0.2) is 42.5 Å². The highest BCUT2D eigenvalue weighted by Crippen LogP contribution is 2.34. The number of aromatic nitrogens is 1. The molecule has 170 valence electrons. The van der Waals surface area contributed by atoms with Gasteiger partial charge < -0.3 is 20.9 Å². The molecule has 6 nitrogen and oxygen atoms in total. The summed E-state index contributed by atoms with van der Waals surface area (Å²) in [6, 6.07) is 11.8. The Morgan fingerprint density at radius 3 is 2.42 bits per heavy atom. The normalized spacial score (nSPS) is 16.5. The van der Waals surface area contributed by atoms with Crippen molar-refractivity contribution < 1.29 is 13.6 Å². The minimum atomic E-state index is -0.750. The second-order valence-electron chi connectivity index (χ2n) is 8.59. The first-order valence-corrected chi connectivity index (χ1v) is 11.0. The van der Waals surface area contributed by atoms with Crippen LogP contribution in [-0.2, 0) is 6.42 Å². The second-order valence-corrected chi connectivity index (χ2v) is 8.59. The van der Waals surface area contributed by atoms with Crippen LogP contribution in [0.25, 0.3) is 22.3 Å². The van der Waals surface area contributed by atoms with Crippen molar-refractivity contribution in [2.45, 2.75) is 6.42 Å². The molecule has 0 bridgehead atoms. The summed E-state index contributed by atoms with van der Waals surface area (Å²) < 4.78 is 29.8. The molecule has 3 heterocycles. The van der Waals surface area contributed by atoms with Gasteiger partial charge in [0.25, 0.3) is 5.91 Å². The van der Waals surface area contributed by atoms with Crippen LogP contribution < -0.4 is 16.0 Å². The number of anilines is 2. The molecular weight excluding hydrogens is 424 g/mol. The maximum atomic E-state index is 15.0. The van der Waals surface area contributed by atoms with Crippen molar-refractivity contribution in [3.05, 3.63) is 65.4 Å². The van der Waals surface area contributed by atoms with Gasteiger partial charge in [0.15, 0.2) is 0 Å². The number of halogens is 2. The summed E-state index contributed by atoms with van der Waals surface area (Å²) in [6.07, 6.45) is 0.704. The van der Waals surface area contributed by atoms with E-state index in [2.05, 4.69) is 15.2 Å². The van der Waals surface area contributed by atoms with Crippen molar-refractivity contribution in [1.82, 2.24) is 15.2 Å². The van der Waals surface area contributed by atoms with Gasteiger partial charge in [0.05, 0.1) is 5.69 Å². The number of rotatable bonds is 3. The molecule has 3 N–H and O–H groups in total. The molecule has 1 amide bonds. The van der Waals surface area contributed by atoms with E-state index in [4.69, 9.17) is 5.73 Å². The van der Waals surface area contributed by atoms with Gasteiger partial charge in [-0.05, 0) is 54.4 Å². The van der Waals surface area contributed by atoms with Gasteiger partial charge in [0.1, 0.15) is 11.6 Å². The topological polar surface area (TPSA) is 74.5 Å². The smallest absolute Gasteiger partial charge is 0.251 e. The summed E-state index contributed by atoms with van der Waals surface area (Å²) in [5.74, 6) is -1.20. The first kappa shape index (κ1) is 21.3. The third kappa shape index (κ3) is 4.02. The minimum Gasteiger partial charge on any atom is -0.383 e. The lowest BCUT2D eigenvalue weighted by molar-refractivity contribution is 0.0946. The number of piperazine rings is 1. The highest BCUT2D eigenvalue weighted by Gasteiger charge is 2.21. The molecule has 0 unspecified atom stereocenters. The average Bonchev–Trinajstić information content (AvgIpc) is 2.80. The quantitative estimate of drug-likeness (QED) is 0.600. The zero-order valence-electron chi connectivity index (χ0n) is 18.4. The van der Waals surface area contributed by atoms with E-state index in [0.717, 1.165) is 37.3 Å². The van der Waals surface area contributed by atoms with Crippen LogP contribution in [0.3, 0.4) is 0 Å². The Morgan fingerprint density at radius 2 is 1.67 bits per heavy atom. The molecule has 1 aromatic heterocycles. The lowest BCUT2D eigenvalue weighted by Gasteiger charge is -2.34. The van der Waals surface area contributed by atoms with E-state index in [0.29, 0.717) is 35.3 Å². The van der Waals surface area contributed by atoms with E-state index in [9.17, 15) is 9.18 Å². The predicted molar refractivity (Wildman–Crippen MR) is 125 cm³/mol. The van der Waals surface area contributed by atoms with Crippen molar-refractivity contribution in [2.75, 3.05) is 50.4 Å². The monoisotopic (exact) mass is 449 g/mol. The Kier molecular flexibility index (Phi) is 5.46. The van der Waals surface area contributed by atoms with Gasteiger partial charge in [-0.2, -0.15) is 4.39 Å². The number of carbonyl (C=O) groups excluding carboxylic acids is 1. The van der Waals surface area contributed by atoms with E-state index in [1.807, 2.05) is 18.0 Å². The van der Waals surface area contributed by atoms with E-state index in [1.54, 1.807) is 30.3 Å². The molecule has 8 heteroatoms. The van der Waals surface area contributed by atoms with Gasteiger partial charge in [0.2, 0.25) is 5.95 Å². The van der Waals surface area contributed by atoms with Crippen molar-refractivity contribution >= 4 is 17.4 Å². The molecule has 0 saturated carbocycles. The molecule has 0 atom stereocenters. The number of nitrogens with one attached hydrogen (secondary N) is 1. The molecule has 2 aromatic carbocycles. The standard InChI is InChI=1S/C25H25F2N5O/c1-31-8-10-32(11-9-31)22-5-3-16(13-21(22)26)19-14-20(24(28)30-23(19)27)15-2-4-18-17(12-15)6-7-29-25(18)33/h2-5,12-14H,6-11H2,1H3,(H2,28,30)(H,29,33). The Bertz CT molecular complexity index is 1240. The highest BCUT2D eigenvalue weighted by molar-refractivity contribution is 5.97. The van der Waals surface area contributed by atoms with Gasteiger partial charge in [-0.25, -0.2) is 9.37 Å². The number of nitrogens with two attached hydrogens (primary N) is 1. The predicted octanol–water partition coefficient (Wildman–Crippen LogP) is 3.31. The number of nitrogens with zero attached hydrogens (tertiary/aromatic N) is 3. The molecule has 2 aliphatic rings. The lowest BCUT2D eigenvalue weighted by atomic mass is 9.94. The van der Waals surface area contributed by atoms with Gasteiger partial charge in [-0.3, -0.25) is 4.79 Å². The van der Waals surface area contributed by atoms with Crippen LogP contribution in [0.2, 0.25) is 0 Å². The maximum Gasteiger partial charge on any atom is 0.251 e. The molecule has 5 rings (SSSR count). The second kappa shape index (κ2) is 8.44. The largest absolute Gasteiger partial charge is 0.383 e. The third-order valence-electron chi connectivity index (χ3n) is 6.45. The Hall–Kier alpha value is -3.52. The van der Waals surface area contributed by atoms with Crippen molar-refractivity contribution in [3.63, 3.8) is 0 Å². The number of fused-ring (bicyclic) bond motifs is 1. The number of likely N-dealkylation sites (N-methyl/N-ethyl adjacent to an activating group) is 1. The number of hydrogen-bond donors (Lipinski definition) is 2. The van der Waals surface area contributed by atoms with Crippen LogP contribution in [0.4, 0.5) is 20.3 Å². The third-order valence-corrected chi connectivity index (χ3v) is 6.45. The van der Waals surface area contributed by atoms with E-state index in [1.165, 1.54) is 6.07 Å². The van der Waals surface area contributed by atoms with Crippen LogP contribution in [0, 0.1) is 11.8 Å². The summed E-state index contributed by atoms with van der Waals surface area (Å²) in [7, 11) is 2.04.